The van der Waals surface area contributed by atoms with Gasteiger partial charge in [0.1, 0.15) is 0 Å². The van der Waals surface area contributed by atoms with Crippen molar-refractivity contribution in [1.82, 2.24) is 9.97 Å². The largest absolute Gasteiger partial charge is 0.308 e. The van der Waals surface area contributed by atoms with Crippen molar-refractivity contribution in [2.24, 2.45) is 0 Å². The van der Waals surface area contributed by atoms with Gasteiger partial charge in [0.15, 0.2) is 0 Å². The molecule has 21 heavy (non-hydrogen) atoms. The molecule has 0 aliphatic rings. The first-order valence-corrected chi connectivity index (χ1v) is 7.59. The van der Waals surface area contributed by atoms with Crippen molar-refractivity contribution in [3.63, 3.8) is 0 Å². The number of pyridine rings is 2. The summed E-state index contributed by atoms with van der Waals surface area (Å²) in [7, 11) is 0. The third-order valence-corrected chi connectivity index (χ3v) is 4.57. The third-order valence-electron chi connectivity index (χ3n) is 3.46. The second-order valence-corrected chi connectivity index (χ2v) is 5.66. The fourth-order valence-electron chi connectivity index (χ4n) is 2.36. The van der Waals surface area contributed by atoms with E-state index >= 15 is 0 Å². The number of nitrogens with one attached hydrogen (secondary N) is 1. The van der Waals surface area contributed by atoms with Gasteiger partial charge >= 0.3 is 0 Å². The highest BCUT2D eigenvalue weighted by molar-refractivity contribution is 7.17. The van der Waals surface area contributed by atoms with Gasteiger partial charge in [-0.25, -0.2) is 4.98 Å². The average molecular weight is 293 g/mol. The van der Waals surface area contributed by atoms with Gasteiger partial charge < -0.3 is 5.41 Å². The lowest BCUT2D eigenvalue weighted by molar-refractivity contribution is 1.32. The lowest BCUT2D eigenvalue weighted by atomic mass is 10.1. The van der Waals surface area contributed by atoms with E-state index in [1.54, 1.807) is 23.7 Å². The molecule has 1 N–H and O–H groups in total. The first-order chi connectivity index (χ1) is 10.2. The van der Waals surface area contributed by atoms with Gasteiger partial charge in [0, 0.05) is 35.1 Å². The minimum atomic E-state index is 0.840. The van der Waals surface area contributed by atoms with Crippen LogP contribution in [0.25, 0.3) is 26.9 Å². The standard InChI is InChI=1S/C17H15N3S/c1-3-12(9-18)15-8-11(2)17-16(20-15)14(10-21-17)13-4-6-19-7-5-13/h3-10,18H,1-2H3/b12-3+,18-9?. The van der Waals surface area contributed by atoms with Crippen LogP contribution in [-0.2, 0) is 0 Å². The van der Waals surface area contributed by atoms with Crippen LogP contribution < -0.4 is 0 Å². The highest BCUT2D eigenvalue weighted by Gasteiger charge is 2.12. The summed E-state index contributed by atoms with van der Waals surface area (Å²) in [6.07, 6.45) is 6.86. The molecule has 0 aliphatic heterocycles. The van der Waals surface area contributed by atoms with E-state index in [1.807, 2.05) is 25.1 Å². The van der Waals surface area contributed by atoms with Crippen molar-refractivity contribution in [2.75, 3.05) is 0 Å². The van der Waals surface area contributed by atoms with Gasteiger partial charge in [-0.15, -0.1) is 11.3 Å². The number of hydrogen-bond acceptors (Lipinski definition) is 4. The van der Waals surface area contributed by atoms with Gasteiger partial charge in [-0.2, -0.15) is 0 Å². The van der Waals surface area contributed by atoms with Gasteiger partial charge in [0.25, 0.3) is 0 Å². The smallest absolute Gasteiger partial charge is 0.0898 e. The Morgan fingerprint density at radius 3 is 2.71 bits per heavy atom. The van der Waals surface area contributed by atoms with Crippen molar-refractivity contribution in [1.29, 1.82) is 5.41 Å². The summed E-state index contributed by atoms with van der Waals surface area (Å²) in [5.41, 5.74) is 6.14. The highest BCUT2D eigenvalue weighted by Crippen LogP contribution is 2.35. The Morgan fingerprint density at radius 1 is 1.29 bits per heavy atom. The summed E-state index contributed by atoms with van der Waals surface area (Å²) < 4.78 is 1.20. The Bertz CT molecular complexity index is 832. The average Bonchev–Trinajstić information content (AvgIpc) is 2.94. The Hall–Kier alpha value is -2.33. The molecule has 3 aromatic rings. The number of fused-ring (bicyclic) bond motifs is 1. The molecular formula is C17H15N3S. The van der Waals surface area contributed by atoms with Gasteiger partial charge in [-0.3, -0.25) is 4.98 Å². The number of rotatable bonds is 3. The summed E-state index contributed by atoms with van der Waals surface area (Å²) in [6.45, 7) is 4.02. The molecule has 0 aliphatic carbocycles. The van der Waals surface area contributed by atoms with Crippen LogP contribution in [0, 0.1) is 12.3 Å². The van der Waals surface area contributed by atoms with Crippen molar-refractivity contribution in [3.05, 3.63) is 53.3 Å². The van der Waals surface area contributed by atoms with Crippen molar-refractivity contribution < 1.29 is 0 Å². The Labute approximate surface area is 127 Å². The van der Waals surface area contributed by atoms with Crippen molar-refractivity contribution in [3.8, 4) is 11.1 Å². The Kier molecular flexibility index (Phi) is 3.62. The van der Waals surface area contributed by atoms with E-state index in [4.69, 9.17) is 10.4 Å². The number of allylic oxidation sites excluding steroid dienone is 2. The number of hydrogen-bond donors (Lipinski definition) is 1. The molecule has 104 valence electrons. The minimum absolute atomic E-state index is 0.840. The van der Waals surface area contributed by atoms with Crippen LogP contribution in [0.5, 0.6) is 0 Å². The molecule has 4 heteroatoms. The predicted octanol–water partition coefficient (Wildman–Crippen LogP) is 4.72. The molecule has 0 unspecified atom stereocenters. The van der Waals surface area contributed by atoms with Crippen LogP contribution >= 0.6 is 11.3 Å². The molecule has 3 heterocycles. The molecule has 0 saturated heterocycles. The van der Waals surface area contributed by atoms with E-state index in [0.717, 1.165) is 27.9 Å². The van der Waals surface area contributed by atoms with Gasteiger partial charge in [-0.05, 0) is 43.2 Å². The number of aromatic nitrogens is 2. The molecule has 0 aromatic carbocycles. The van der Waals surface area contributed by atoms with E-state index in [1.165, 1.54) is 16.5 Å². The topological polar surface area (TPSA) is 49.6 Å². The summed E-state index contributed by atoms with van der Waals surface area (Å²) in [4.78, 5) is 8.85. The zero-order valence-electron chi connectivity index (χ0n) is 11.9. The van der Waals surface area contributed by atoms with Crippen molar-refractivity contribution in [2.45, 2.75) is 13.8 Å². The SMILES string of the molecule is C/C=C(\C=N)c1cc(C)c2scc(-c3ccncc3)c2n1. The van der Waals surface area contributed by atoms with E-state index in [0.29, 0.717) is 0 Å². The predicted molar refractivity (Wildman–Crippen MR) is 90.0 cm³/mol. The normalized spacial score (nSPS) is 11.8. The van der Waals surface area contributed by atoms with Crippen LogP contribution in [0.1, 0.15) is 18.2 Å². The van der Waals surface area contributed by atoms with Crippen LogP contribution in [0.15, 0.2) is 42.0 Å². The number of thiophene rings is 1. The summed E-state index contributed by atoms with van der Waals surface area (Å²) in [6, 6.07) is 6.05. The molecule has 0 spiro atoms. The lowest BCUT2D eigenvalue weighted by Crippen LogP contribution is -1.92. The number of aryl methyl sites for hydroxylation is 1. The zero-order chi connectivity index (χ0) is 14.8. The third kappa shape index (κ3) is 2.38. The molecular weight excluding hydrogens is 278 g/mol. The van der Waals surface area contributed by atoms with Gasteiger partial charge in [0.2, 0.25) is 0 Å². The molecule has 3 rings (SSSR count). The Balaban J connectivity index is 2.27. The van der Waals surface area contributed by atoms with Gasteiger partial charge in [-0.1, -0.05) is 6.08 Å². The molecule has 0 fully saturated rings. The van der Waals surface area contributed by atoms with Crippen molar-refractivity contribution >= 4 is 33.3 Å². The molecule has 3 nitrogen and oxygen atoms in total. The fraction of sp³-hybridized carbons (Fsp3) is 0.118. The van der Waals surface area contributed by atoms with Crippen LogP contribution in [-0.4, -0.2) is 16.2 Å². The molecule has 0 amide bonds. The molecule has 0 saturated carbocycles. The summed E-state index contributed by atoms with van der Waals surface area (Å²) in [5.74, 6) is 0. The second kappa shape index (κ2) is 5.58. The zero-order valence-corrected chi connectivity index (χ0v) is 12.7. The quantitative estimate of drug-likeness (QED) is 0.710. The molecule has 0 bridgehead atoms. The lowest BCUT2D eigenvalue weighted by Gasteiger charge is -2.05. The first-order valence-electron chi connectivity index (χ1n) is 6.71. The number of nitrogens with zero attached hydrogens (tertiary/aromatic N) is 2. The van der Waals surface area contributed by atoms with Crippen LogP contribution in [0.2, 0.25) is 0 Å². The second-order valence-electron chi connectivity index (χ2n) is 4.78. The Morgan fingerprint density at radius 2 is 2.05 bits per heavy atom. The van der Waals surface area contributed by atoms with E-state index in [2.05, 4.69) is 23.4 Å². The summed E-state index contributed by atoms with van der Waals surface area (Å²) >= 11 is 1.71. The fourth-order valence-corrected chi connectivity index (χ4v) is 3.35. The molecule has 0 atom stereocenters. The summed E-state index contributed by atoms with van der Waals surface area (Å²) in [5, 5.41) is 9.66. The van der Waals surface area contributed by atoms with E-state index in [-0.39, 0.29) is 0 Å². The first kappa shape index (κ1) is 13.6. The van der Waals surface area contributed by atoms with E-state index in [9.17, 15) is 0 Å². The maximum absolute atomic E-state index is 7.52. The van der Waals surface area contributed by atoms with E-state index < -0.39 is 0 Å². The molecule has 0 radical (unpaired) electrons. The van der Waals surface area contributed by atoms with Crippen LogP contribution in [0.4, 0.5) is 0 Å². The monoisotopic (exact) mass is 293 g/mol. The minimum Gasteiger partial charge on any atom is -0.308 e. The molecule has 3 aromatic heterocycles. The highest BCUT2D eigenvalue weighted by atomic mass is 32.1. The maximum Gasteiger partial charge on any atom is 0.0898 e. The van der Waals surface area contributed by atoms with Gasteiger partial charge in [0.05, 0.1) is 15.9 Å². The van der Waals surface area contributed by atoms with Crippen LogP contribution in [0.3, 0.4) is 0 Å². The maximum atomic E-state index is 7.52.